The molecule has 2 rings (SSSR count). The molecule has 2 aliphatic rings. The highest BCUT2D eigenvalue weighted by Gasteiger charge is 2.47. The van der Waals surface area contributed by atoms with Gasteiger partial charge in [0.2, 0.25) is 11.8 Å². The Balaban J connectivity index is 2.22. The van der Waals surface area contributed by atoms with Crippen LogP contribution in [0.4, 0.5) is 0 Å². The van der Waals surface area contributed by atoms with E-state index in [4.69, 9.17) is 0 Å². The maximum atomic E-state index is 11.8. The number of amides is 2. The molecule has 0 radical (unpaired) electrons. The third-order valence-electron chi connectivity index (χ3n) is 3.15. The van der Waals surface area contributed by atoms with Crippen molar-refractivity contribution in [2.24, 2.45) is 0 Å². The molecule has 2 heterocycles. The zero-order valence-electron chi connectivity index (χ0n) is 8.30. The van der Waals surface area contributed by atoms with E-state index in [0.29, 0.717) is 13.1 Å². The first-order valence-corrected chi connectivity index (χ1v) is 4.91. The second kappa shape index (κ2) is 3.33. The molecule has 2 N–H and O–H groups in total. The summed E-state index contributed by atoms with van der Waals surface area (Å²) in [5.74, 6) is -0.350. The molecule has 0 bridgehead atoms. The summed E-state index contributed by atoms with van der Waals surface area (Å²) in [6, 6.07) is 0. The maximum Gasteiger partial charge on any atom is 0.248 e. The molecule has 2 saturated heterocycles. The number of nitrogens with one attached hydrogen (secondary N) is 2. The number of hydrogen-bond donors (Lipinski definition) is 2. The Bertz CT molecular complexity index is 271. The highest BCUT2D eigenvalue weighted by atomic mass is 16.2. The van der Waals surface area contributed by atoms with Gasteiger partial charge in [0, 0.05) is 6.54 Å². The predicted octanol–water partition coefficient (Wildman–Crippen LogP) is -1.30. The van der Waals surface area contributed by atoms with Crippen molar-refractivity contribution >= 4 is 11.8 Å². The average Bonchev–Trinajstić information content (AvgIpc) is 2.16. The third kappa shape index (κ3) is 1.33. The van der Waals surface area contributed by atoms with Gasteiger partial charge in [0.25, 0.3) is 0 Å². The van der Waals surface area contributed by atoms with Crippen molar-refractivity contribution in [2.75, 3.05) is 26.7 Å². The van der Waals surface area contributed by atoms with E-state index in [9.17, 15) is 9.59 Å². The lowest BCUT2D eigenvalue weighted by Gasteiger charge is -2.45. The van der Waals surface area contributed by atoms with Crippen LogP contribution in [-0.4, -0.2) is 48.9 Å². The van der Waals surface area contributed by atoms with Gasteiger partial charge in [-0.15, -0.1) is 0 Å². The third-order valence-corrected chi connectivity index (χ3v) is 3.15. The molecule has 5 heteroatoms. The quantitative estimate of drug-likeness (QED) is 0.474. The first-order chi connectivity index (χ1) is 6.65. The van der Waals surface area contributed by atoms with Gasteiger partial charge < -0.3 is 5.32 Å². The Hall–Kier alpha value is -0.940. The number of carbonyl (C=O) groups is 2. The van der Waals surface area contributed by atoms with Crippen molar-refractivity contribution in [2.45, 2.75) is 18.4 Å². The predicted molar refractivity (Wildman–Crippen MR) is 50.6 cm³/mol. The van der Waals surface area contributed by atoms with E-state index in [2.05, 4.69) is 10.6 Å². The minimum Gasteiger partial charge on any atom is -0.314 e. The molecule has 1 atom stereocenters. The van der Waals surface area contributed by atoms with Gasteiger partial charge in [0.1, 0.15) is 5.54 Å². The number of hydrogen-bond acceptors (Lipinski definition) is 4. The second-order valence-electron chi connectivity index (χ2n) is 4.05. The molecular formula is C9H15N3O2. The monoisotopic (exact) mass is 197 g/mol. The van der Waals surface area contributed by atoms with E-state index < -0.39 is 5.54 Å². The van der Waals surface area contributed by atoms with Crippen molar-refractivity contribution in [3.63, 3.8) is 0 Å². The summed E-state index contributed by atoms with van der Waals surface area (Å²) in [6.07, 6.45) is 1.81. The zero-order valence-corrected chi connectivity index (χ0v) is 8.30. The molecule has 0 aromatic rings. The van der Waals surface area contributed by atoms with Crippen LogP contribution in [0.5, 0.6) is 0 Å². The lowest BCUT2D eigenvalue weighted by molar-refractivity contribution is -0.146. The van der Waals surface area contributed by atoms with Gasteiger partial charge in [-0.25, -0.2) is 0 Å². The minimum absolute atomic E-state index is 0.150. The lowest BCUT2D eigenvalue weighted by atomic mass is 9.86. The van der Waals surface area contributed by atoms with Crippen LogP contribution in [0.3, 0.4) is 0 Å². The Labute approximate surface area is 82.8 Å². The van der Waals surface area contributed by atoms with Gasteiger partial charge >= 0.3 is 0 Å². The van der Waals surface area contributed by atoms with Crippen molar-refractivity contribution in [3.05, 3.63) is 0 Å². The van der Waals surface area contributed by atoms with Crippen LogP contribution >= 0.6 is 0 Å². The number of nitrogens with zero attached hydrogens (tertiary/aromatic N) is 1. The Morgan fingerprint density at radius 3 is 2.79 bits per heavy atom. The van der Waals surface area contributed by atoms with Gasteiger partial charge in [0.15, 0.2) is 0 Å². The molecule has 5 nitrogen and oxygen atoms in total. The van der Waals surface area contributed by atoms with E-state index in [1.165, 1.54) is 0 Å². The molecule has 1 spiro atoms. The molecule has 1 unspecified atom stereocenters. The highest BCUT2D eigenvalue weighted by molar-refractivity contribution is 6.03. The maximum absolute atomic E-state index is 11.8. The first kappa shape index (κ1) is 9.61. The van der Waals surface area contributed by atoms with Crippen molar-refractivity contribution in [3.8, 4) is 0 Å². The van der Waals surface area contributed by atoms with E-state index in [-0.39, 0.29) is 11.8 Å². The van der Waals surface area contributed by atoms with Crippen LogP contribution in [0.15, 0.2) is 0 Å². The standard InChI is InChI=1S/C9H15N3O2/c1-12-5-7(13)11-8(14)9(12)3-2-4-10-6-9/h10H,2-6H2,1H3,(H,11,13,14). The van der Waals surface area contributed by atoms with Gasteiger partial charge in [-0.3, -0.25) is 19.8 Å². The van der Waals surface area contributed by atoms with Gasteiger partial charge in [-0.05, 0) is 26.4 Å². The molecule has 14 heavy (non-hydrogen) atoms. The van der Waals surface area contributed by atoms with E-state index in [1.807, 2.05) is 11.9 Å². The molecule has 2 fully saturated rings. The molecule has 2 aliphatic heterocycles. The Morgan fingerprint density at radius 2 is 2.21 bits per heavy atom. The summed E-state index contributed by atoms with van der Waals surface area (Å²) >= 11 is 0. The molecule has 0 saturated carbocycles. The topological polar surface area (TPSA) is 61.4 Å². The number of piperidine rings is 1. The summed E-state index contributed by atoms with van der Waals surface area (Å²) in [5.41, 5.74) is -0.494. The van der Waals surface area contributed by atoms with Gasteiger partial charge in [0.05, 0.1) is 6.54 Å². The molecular weight excluding hydrogens is 182 g/mol. The van der Waals surface area contributed by atoms with Crippen LogP contribution in [0, 0.1) is 0 Å². The molecule has 0 aliphatic carbocycles. The Morgan fingerprint density at radius 1 is 1.43 bits per heavy atom. The number of rotatable bonds is 0. The summed E-state index contributed by atoms with van der Waals surface area (Å²) in [6.45, 7) is 1.91. The van der Waals surface area contributed by atoms with Crippen molar-refractivity contribution < 1.29 is 9.59 Å². The number of carbonyl (C=O) groups excluding carboxylic acids is 2. The fourth-order valence-electron chi connectivity index (χ4n) is 2.23. The molecule has 2 amide bonds. The highest BCUT2D eigenvalue weighted by Crippen LogP contribution is 2.25. The van der Waals surface area contributed by atoms with E-state index in [0.717, 1.165) is 19.4 Å². The zero-order chi connectivity index (χ0) is 10.2. The molecule has 0 aromatic carbocycles. The summed E-state index contributed by atoms with van der Waals surface area (Å²) in [4.78, 5) is 24.8. The van der Waals surface area contributed by atoms with Crippen LogP contribution in [0.1, 0.15) is 12.8 Å². The smallest absolute Gasteiger partial charge is 0.248 e. The number of imide groups is 1. The fraction of sp³-hybridized carbons (Fsp3) is 0.778. The SMILES string of the molecule is CN1CC(=O)NC(=O)C12CCCNC2. The largest absolute Gasteiger partial charge is 0.314 e. The molecule has 78 valence electrons. The van der Waals surface area contributed by atoms with Crippen LogP contribution in [-0.2, 0) is 9.59 Å². The first-order valence-electron chi connectivity index (χ1n) is 4.91. The minimum atomic E-state index is -0.494. The van der Waals surface area contributed by atoms with E-state index in [1.54, 1.807) is 0 Å². The van der Waals surface area contributed by atoms with E-state index >= 15 is 0 Å². The van der Waals surface area contributed by atoms with Crippen molar-refractivity contribution in [1.82, 2.24) is 15.5 Å². The van der Waals surface area contributed by atoms with Gasteiger partial charge in [-0.1, -0.05) is 0 Å². The Kier molecular flexibility index (Phi) is 2.28. The van der Waals surface area contributed by atoms with Crippen molar-refractivity contribution in [1.29, 1.82) is 0 Å². The lowest BCUT2D eigenvalue weighted by Crippen LogP contribution is -2.70. The molecule has 0 aromatic heterocycles. The summed E-state index contributed by atoms with van der Waals surface area (Å²) in [5, 5.41) is 5.62. The normalized spacial score (nSPS) is 34.6. The summed E-state index contributed by atoms with van der Waals surface area (Å²) in [7, 11) is 1.84. The van der Waals surface area contributed by atoms with Crippen LogP contribution in [0.25, 0.3) is 0 Å². The average molecular weight is 197 g/mol. The fourth-order valence-corrected chi connectivity index (χ4v) is 2.23. The van der Waals surface area contributed by atoms with Gasteiger partial charge in [-0.2, -0.15) is 0 Å². The number of likely N-dealkylation sites (N-methyl/N-ethyl adjacent to an activating group) is 1. The number of piperazine rings is 1. The summed E-state index contributed by atoms with van der Waals surface area (Å²) < 4.78 is 0. The van der Waals surface area contributed by atoms with Crippen LogP contribution < -0.4 is 10.6 Å². The van der Waals surface area contributed by atoms with Crippen LogP contribution in [0.2, 0.25) is 0 Å². The second-order valence-corrected chi connectivity index (χ2v) is 4.05.